The third-order valence-corrected chi connectivity index (χ3v) is 7.33. The van der Waals surface area contributed by atoms with Crippen LogP contribution in [0, 0.1) is 0 Å². The molecule has 0 spiro atoms. The van der Waals surface area contributed by atoms with E-state index in [1.807, 2.05) is 6.92 Å². The molecule has 3 rings (SSSR count). The van der Waals surface area contributed by atoms with Crippen molar-refractivity contribution in [1.82, 2.24) is 15.1 Å². The number of likely N-dealkylation sites (tertiary alicyclic amines) is 1. The smallest absolute Gasteiger partial charge is 0.409 e. The second-order valence-corrected chi connectivity index (χ2v) is 9.42. The lowest BCUT2D eigenvalue weighted by Crippen LogP contribution is -2.56. The molecule has 0 aromatic carbocycles. The van der Waals surface area contributed by atoms with Crippen LogP contribution in [0.1, 0.15) is 51.9 Å². The SMILES string of the molecule is CCOC(=O)N1CCC(NC(N)=NCC2(N3CCSCC3)CCCCC2)CC1. The third-order valence-electron chi connectivity index (χ3n) is 6.38. The molecule has 0 atom stereocenters. The van der Waals surface area contributed by atoms with Crippen LogP contribution in [0.5, 0.6) is 0 Å². The van der Waals surface area contributed by atoms with Crippen molar-refractivity contribution in [2.24, 2.45) is 10.7 Å². The fraction of sp³-hybridized carbons (Fsp3) is 0.900. The highest BCUT2D eigenvalue weighted by atomic mass is 32.2. The molecule has 2 heterocycles. The summed E-state index contributed by atoms with van der Waals surface area (Å²) in [5.41, 5.74) is 6.47. The minimum Gasteiger partial charge on any atom is -0.450 e. The maximum Gasteiger partial charge on any atom is 0.409 e. The Morgan fingerprint density at radius 2 is 1.86 bits per heavy atom. The molecule has 1 saturated carbocycles. The summed E-state index contributed by atoms with van der Waals surface area (Å²) in [5.74, 6) is 3.03. The zero-order valence-electron chi connectivity index (χ0n) is 17.3. The molecular weight excluding hydrogens is 374 g/mol. The predicted octanol–water partition coefficient (Wildman–Crippen LogP) is 2.26. The van der Waals surface area contributed by atoms with Crippen molar-refractivity contribution in [1.29, 1.82) is 0 Å². The van der Waals surface area contributed by atoms with E-state index in [-0.39, 0.29) is 17.7 Å². The number of guanidine groups is 1. The first kappa shape index (κ1) is 21.6. The Bertz CT molecular complexity index is 525. The van der Waals surface area contributed by atoms with E-state index in [1.54, 1.807) is 4.90 Å². The Kier molecular flexibility index (Phi) is 8.14. The van der Waals surface area contributed by atoms with E-state index >= 15 is 0 Å². The van der Waals surface area contributed by atoms with Crippen LogP contribution in [0.15, 0.2) is 4.99 Å². The first-order valence-electron chi connectivity index (χ1n) is 10.9. The van der Waals surface area contributed by atoms with Gasteiger partial charge in [0.2, 0.25) is 0 Å². The number of carbonyl (C=O) groups excluding carboxylic acids is 1. The standard InChI is InChI=1S/C20H37N5O2S/c1-2-27-19(26)24-10-6-17(7-11-24)23-18(21)22-16-20(8-4-3-5-9-20)25-12-14-28-15-13-25/h17H,2-16H2,1H3,(H3,21,22,23). The van der Waals surface area contributed by atoms with Crippen molar-refractivity contribution >= 4 is 23.8 Å². The number of nitrogens with one attached hydrogen (secondary N) is 1. The normalized spacial score (nSPS) is 24.8. The Labute approximate surface area is 173 Å². The maximum atomic E-state index is 11.8. The first-order chi connectivity index (χ1) is 13.6. The molecule has 2 aliphatic heterocycles. The molecule has 3 N–H and O–H groups in total. The summed E-state index contributed by atoms with van der Waals surface area (Å²) in [6, 6.07) is 0.281. The number of thioether (sulfide) groups is 1. The van der Waals surface area contributed by atoms with E-state index in [2.05, 4.69) is 22.0 Å². The van der Waals surface area contributed by atoms with E-state index in [4.69, 9.17) is 15.5 Å². The molecule has 160 valence electrons. The number of hydrogen-bond acceptors (Lipinski definition) is 5. The summed E-state index contributed by atoms with van der Waals surface area (Å²) in [6.45, 7) is 6.84. The van der Waals surface area contributed by atoms with Crippen LogP contribution < -0.4 is 11.1 Å². The molecule has 8 heteroatoms. The van der Waals surface area contributed by atoms with Gasteiger partial charge >= 0.3 is 6.09 Å². The van der Waals surface area contributed by atoms with Crippen LogP contribution in [-0.2, 0) is 4.74 Å². The van der Waals surface area contributed by atoms with Gasteiger partial charge in [-0.2, -0.15) is 11.8 Å². The number of aliphatic imine (C=N–C) groups is 1. The van der Waals surface area contributed by atoms with Gasteiger partial charge in [-0.05, 0) is 32.6 Å². The molecule has 7 nitrogen and oxygen atoms in total. The van der Waals surface area contributed by atoms with Gasteiger partial charge in [-0.15, -0.1) is 0 Å². The van der Waals surface area contributed by atoms with Crippen molar-refractivity contribution < 1.29 is 9.53 Å². The Hall–Kier alpha value is -1.15. The second-order valence-electron chi connectivity index (χ2n) is 8.19. The van der Waals surface area contributed by atoms with E-state index < -0.39 is 0 Å². The summed E-state index contributed by atoms with van der Waals surface area (Å²) >= 11 is 2.06. The highest BCUT2D eigenvalue weighted by Gasteiger charge is 2.38. The van der Waals surface area contributed by atoms with Gasteiger partial charge < -0.3 is 20.7 Å². The van der Waals surface area contributed by atoms with Crippen molar-refractivity contribution in [2.45, 2.75) is 63.5 Å². The van der Waals surface area contributed by atoms with Crippen molar-refractivity contribution in [3.63, 3.8) is 0 Å². The number of piperidine rings is 1. The number of ether oxygens (including phenoxy) is 1. The van der Waals surface area contributed by atoms with Gasteiger partial charge in [-0.1, -0.05) is 19.3 Å². The highest BCUT2D eigenvalue weighted by molar-refractivity contribution is 7.99. The largest absolute Gasteiger partial charge is 0.450 e. The molecule has 0 bridgehead atoms. The molecule has 0 radical (unpaired) electrons. The molecular formula is C20H37N5O2S. The lowest BCUT2D eigenvalue weighted by Gasteiger charge is -2.47. The van der Waals surface area contributed by atoms with Crippen LogP contribution in [0.2, 0.25) is 0 Å². The molecule has 1 amide bonds. The van der Waals surface area contributed by atoms with E-state index in [1.165, 1.54) is 56.7 Å². The zero-order chi connectivity index (χ0) is 19.8. The van der Waals surface area contributed by atoms with Crippen LogP contribution in [0.3, 0.4) is 0 Å². The lowest BCUT2D eigenvalue weighted by molar-refractivity contribution is 0.0671. The predicted molar refractivity (Wildman–Crippen MR) is 116 cm³/mol. The molecule has 1 aliphatic carbocycles. The third kappa shape index (κ3) is 5.69. The number of rotatable bonds is 5. The number of nitrogens with two attached hydrogens (primary N) is 1. The number of nitrogens with zero attached hydrogens (tertiary/aromatic N) is 3. The number of hydrogen-bond donors (Lipinski definition) is 2. The van der Waals surface area contributed by atoms with Crippen LogP contribution in [0.25, 0.3) is 0 Å². The van der Waals surface area contributed by atoms with Crippen molar-refractivity contribution in [3.8, 4) is 0 Å². The molecule has 0 unspecified atom stereocenters. The van der Waals surface area contributed by atoms with Gasteiger partial charge in [-0.3, -0.25) is 9.89 Å². The van der Waals surface area contributed by atoms with Gasteiger partial charge in [0.1, 0.15) is 0 Å². The molecule has 0 aromatic rings. The fourth-order valence-electron chi connectivity index (χ4n) is 4.73. The minimum absolute atomic E-state index is 0.207. The monoisotopic (exact) mass is 411 g/mol. The molecule has 3 fully saturated rings. The Balaban J connectivity index is 1.50. The Morgan fingerprint density at radius 3 is 2.50 bits per heavy atom. The summed E-state index contributed by atoms with van der Waals surface area (Å²) in [7, 11) is 0. The topological polar surface area (TPSA) is 83.2 Å². The average molecular weight is 412 g/mol. The van der Waals surface area contributed by atoms with Gasteiger partial charge in [0, 0.05) is 49.3 Å². The minimum atomic E-state index is -0.207. The number of carbonyl (C=O) groups is 1. The van der Waals surface area contributed by atoms with Gasteiger partial charge in [0.15, 0.2) is 5.96 Å². The molecule has 3 aliphatic rings. The lowest BCUT2D eigenvalue weighted by atomic mass is 9.80. The maximum absolute atomic E-state index is 11.8. The summed E-state index contributed by atoms with van der Waals surface area (Å²) in [4.78, 5) is 21.1. The first-order valence-corrected chi connectivity index (χ1v) is 12.1. The second kappa shape index (κ2) is 10.6. The fourth-order valence-corrected chi connectivity index (χ4v) is 5.63. The molecule has 28 heavy (non-hydrogen) atoms. The zero-order valence-corrected chi connectivity index (χ0v) is 18.1. The van der Waals surface area contributed by atoms with E-state index in [9.17, 15) is 4.79 Å². The Morgan fingerprint density at radius 1 is 1.18 bits per heavy atom. The summed E-state index contributed by atoms with van der Waals surface area (Å²) in [5, 5.41) is 3.40. The average Bonchev–Trinajstić information content (AvgIpc) is 2.74. The number of amides is 1. The van der Waals surface area contributed by atoms with Gasteiger partial charge in [0.25, 0.3) is 0 Å². The molecule has 2 saturated heterocycles. The van der Waals surface area contributed by atoms with Crippen molar-refractivity contribution in [3.05, 3.63) is 0 Å². The van der Waals surface area contributed by atoms with Crippen LogP contribution in [-0.4, -0.2) is 84.3 Å². The van der Waals surface area contributed by atoms with E-state index in [0.717, 1.165) is 19.4 Å². The van der Waals surface area contributed by atoms with Crippen LogP contribution >= 0.6 is 11.8 Å². The summed E-state index contributed by atoms with van der Waals surface area (Å²) in [6.07, 6.45) is 7.99. The highest BCUT2D eigenvalue weighted by Crippen LogP contribution is 2.35. The summed E-state index contributed by atoms with van der Waals surface area (Å²) < 4.78 is 5.08. The van der Waals surface area contributed by atoms with Gasteiger partial charge in [0.05, 0.1) is 13.2 Å². The van der Waals surface area contributed by atoms with E-state index in [0.29, 0.717) is 25.7 Å². The van der Waals surface area contributed by atoms with Crippen molar-refractivity contribution in [2.75, 3.05) is 50.8 Å². The molecule has 0 aromatic heterocycles. The van der Waals surface area contributed by atoms with Crippen LogP contribution in [0.4, 0.5) is 4.79 Å². The quantitative estimate of drug-likeness (QED) is 0.533. The van der Waals surface area contributed by atoms with Gasteiger partial charge in [-0.25, -0.2) is 4.79 Å².